The first kappa shape index (κ1) is 17.4. The molecule has 1 saturated heterocycles. The van der Waals surface area contributed by atoms with E-state index in [0.717, 1.165) is 49.9 Å². The van der Waals surface area contributed by atoms with Crippen LogP contribution in [0.4, 0.5) is 18.9 Å². The molecule has 3 heterocycles. The van der Waals surface area contributed by atoms with E-state index in [1.54, 1.807) is 6.07 Å². The van der Waals surface area contributed by atoms with Crippen LogP contribution in [0.1, 0.15) is 29.9 Å². The van der Waals surface area contributed by atoms with Gasteiger partial charge in [0, 0.05) is 29.9 Å². The first-order valence-corrected chi connectivity index (χ1v) is 10.5. The van der Waals surface area contributed by atoms with Crippen molar-refractivity contribution in [3.05, 3.63) is 47.5 Å². The highest BCUT2D eigenvalue weighted by Crippen LogP contribution is 2.51. The predicted molar refractivity (Wildman–Crippen MR) is 104 cm³/mol. The summed E-state index contributed by atoms with van der Waals surface area (Å²) in [6.45, 7) is 3.07. The van der Waals surface area contributed by atoms with Gasteiger partial charge >= 0.3 is 6.18 Å². The van der Waals surface area contributed by atoms with Crippen LogP contribution in [0.3, 0.4) is 0 Å². The molecule has 0 radical (unpaired) electrons. The molecule has 2 nitrogen and oxygen atoms in total. The van der Waals surface area contributed by atoms with Crippen LogP contribution >= 0.6 is 11.8 Å². The summed E-state index contributed by atoms with van der Waals surface area (Å²) in [7, 11) is 0. The Morgan fingerprint density at radius 1 is 1.11 bits per heavy atom. The summed E-state index contributed by atoms with van der Waals surface area (Å²) >= 11 is 1.85. The van der Waals surface area contributed by atoms with Gasteiger partial charge in [0.25, 0.3) is 0 Å². The third-order valence-electron chi connectivity index (χ3n) is 5.96. The summed E-state index contributed by atoms with van der Waals surface area (Å²) in [5, 5.41) is 3.50. The van der Waals surface area contributed by atoms with E-state index in [1.807, 2.05) is 11.8 Å². The van der Waals surface area contributed by atoms with E-state index in [2.05, 4.69) is 22.3 Å². The zero-order valence-corrected chi connectivity index (χ0v) is 15.7. The summed E-state index contributed by atoms with van der Waals surface area (Å²) in [6.07, 6.45) is -2.04. The topological polar surface area (TPSA) is 15.3 Å². The van der Waals surface area contributed by atoms with E-state index in [0.29, 0.717) is 17.5 Å². The second-order valence-electron chi connectivity index (χ2n) is 7.55. The fourth-order valence-electron chi connectivity index (χ4n) is 4.77. The van der Waals surface area contributed by atoms with E-state index >= 15 is 0 Å². The van der Waals surface area contributed by atoms with Crippen LogP contribution < -0.4 is 10.2 Å². The van der Waals surface area contributed by atoms with Gasteiger partial charge in [0.05, 0.1) is 11.3 Å². The Labute approximate surface area is 161 Å². The SMILES string of the molecule is FC(F)(F)c1cccc(-c2cc3c4c(c2)[C@H]2CNCC[C@H]2N4CCCS3)c1. The largest absolute Gasteiger partial charge is 0.416 e. The minimum Gasteiger partial charge on any atom is -0.367 e. The van der Waals surface area contributed by atoms with Gasteiger partial charge in [-0.25, -0.2) is 0 Å². The standard InChI is InChI=1S/C21H21F3N2S/c22-21(23,24)15-4-1-3-13(9-15)14-10-16-17-12-25-6-5-18(17)26-7-2-8-27-19(11-14)20(16)26/h1,3-4,9-11,17-18,25H,2,5-8,12H2/t17-,18-/m1/s1. The molecule has 0 aromatic heterocycles. The maximum atomic E-state index is 13.2. The van der Waals surface area contributed by atoms with Crippen LogP contribution in [-0.4, -0.2) is 31.4 Å². The number of rotatable bonds is 1. The van der Waals surface area contributed by atoms with E-state index in [9.17, 15) is 13.2 Å². The molecule has 0 amide bonds. The highest BCUT2D eigenvalue weighted by Gasteiger charge is 2.42. The van der Waals surface area contributed by atoms with Gasteiger partial charge in [-0.2, -0.15) is 13.2 Å². The summed E-state index contributed by atoms with van der Waals surface area (Å²) < 4.78 is 39.5. The second kappa shape index (κ2) is 6.45. The molecule has 27 heavy (non-hydrogen) atoms. The molecule has 1 fully saturated rings. The zero-order valence-electron chi connectivity index (χ0n) is 14.9. The number of nitrogens with zero attached hydrogens (tertiary/aromatic N) is 1. The van der Waals surface area contributed by atoms with Gasteiger partial charge in [0.15, 0.2) is 0 Å². The van der Waals surface area contributed by atoms with Gasteiger partial charge in [0.1, 0.15) is 0 Å². The fourth-order valence-corrected chi connectivity index (χ4v) is 5.84. The van der Waals surface area contributed by atoms with Crippen LogP contribution in [-0.2, 0) is 6.18 Å². The lowest BCUT2D eigenvalue weighted by Gasteiger charge is -2.33. The lowest BCUT2D eigenvalue weighted by molar-refractivity contribution is -0.137. The molecule has 0 saturated carbocycles. The van der Waals surface area contributed by atoms with Gasteiger partial charge in [-0.1, -0.05) is 12.1 Å². The number of alkyl halides is 3. The lowest BCUT2D eigenvalue weighted by Crippen LogP contribution is -2.44. The average Bonchev–Trinajstić information content (AvgIpc) is 2.83. The summed E-state index contributed by atoms with van der Waals surface area (Å²) in [5.74, 6) is 1.49. The number of halogens is 3. The molecule has 0 aliphatic carbocycles. The Morgan fingerprint density at radius 3 is 2.85 bits per heavy atom. The van der Waals surface area contributed by atoms with Crippen molar-refractivity contribution in [2.75, 3.05) is 30.3 Å². The number of nitrogens with one attached hydrogen (secondary N) is 1. The third-order valence-corrected chi connectivity index (χ3v) is 7.08. The molecule has 142 valence electrons. The second-order valence-corrected chi connectivity index (χ2v) is 8.69. The van der Waals surface area contributed by atoms with Gasteiger partial charge < -0.3 is 10.2 Å². The Hall–Kier alpha value is -1.66. The van der Waals surface area contributed by atoms with Crippen molar-refractivity contribution in [1.82, 2.24) is 5.32 Å². The van der Waals surface area contributed by atoms with Crippen molar-refractivity contribution in [3.8, 4) is 11.1 Å². The zero-order chi connectivity index (χ0) is 18.6. The minimum absolute atomic E-state index is 0.428. The first-order chi connectivity index (χ1) is 13.0. The predicted octanol–water partition coefficient (Wildman–Crippen LogP) is 5.13. The molecule has 5 rings (SSSR count). The number of benzene rings is 2. The minimum atomic E-state index is -4.32. The number of thioether (sulfide) groups is 1. The Balaban J connectivity index is 1.64. The van der Waals surface area contributed by atoms with Gasteiger partial charge in [-0.15, -0.1) is 11.8 Å². The van der Waals surface area contributed by atoms with Crippen LogP contribution in [0.5, 0.6) is 0 Å². The summed E-state index contributed by atoms with van der Waals surface area (Å²) in [5.41, 5.74) is 3.61. The summed E-state index contributed by atoms with van der Waals surface area (Å²) in [6, 6.07) is 10.5. The van der Waals surface area contributed by atoms with E-state index in [4.69, 9.17) is 0 Å². The Bertz CT molecular complexity index is 880. The maximum absolute atomic E-state index is 13.2. The lowest BCUT2D eigenvalue weighted by atomic mass is 9.88. The molecule has 6 heteroatoms. The molecule has 3 aliphatic heterocycles. The number of anilines is 1. The molecule has 3 aliphatic rings. The molecule has 0 unspecified atom stereocenters. The first-order valence-electron chi connectivity index (χ1n) is 9.48. The van der Waals surface area contributed by atoms with Crippen molar-refractivity contribution in [3.63, 3.8) is 0 Å². The number of piperidine rings is 1. The average molecular weight is 390 g/mol. The number of hydrogen-bond donors (Lipinski definition) is 1. The van der Waals surface area contributed by atoms with Crippen molar-refractivity contribution in [1.29, 1.82) is 0 Å². The highest BCUT2D eigenvalue weighted by atomic mass is 32.2. The summed E-state index contributed by atoms with van der Waals surface area (Å²) in [4.78, 5) is 3.80. The van der Waals surface area contributed by atoms with Crippen LogP contribution in [0, 0.1) is 0 Å². The van der Waals surface area contributed by atoms with Gasteiger partial charge in [0.2, 0.25) is 0 Å². The molecule has 1 N–H and O–H groups in total. The molecule has 2 atom stereocenters. The molecule has 0 spiro atoms. The fraction of sp³-hybridized carbons (Fsp3) is 0.429. The maximum Gasteiger partial charge on any atom is 0.416 e. The molecule has 2 aromatic rings. The molecular weight excluding hydrogens is 369 g/mol. The number of fused-ring (bicyclic) bond motifs is 3. The monoisotopic (exact) mass is 390 g/mol. The Morgan fingerprint density at radius 2 is 2.00 bits per heavy atom. The van der Waals surface area contributed by atoms with Crippen LogP contribution in [0.2, 0.25) is 0 Å². The van der Waals surface area contributed by atoms with Crippen molar-refractivity contribution in [2.45, 2.75) is 35.9 Å². The quantitative estimate of drug-likeness (QED) is 0.726. The highest BCUT2D eigenvalue weighted by molar-refractivity contribution is 7.99. The van der Waals surface area contributed by atoms with E-state index in [-0.39, 0.29) is 0 Å². The Kier molecular flexibility index (Phi) is 4.17. The van der Waals surface area contributed by atoms with Crippen LogP contribution in [0.25, 0.3) is 11.1 Å². The van der Waals surface area contributed by atoms with Gasteiger partial charge in [-0.05, 0) is 66.1 Å². The van der Waals surface area contributed by atoms with Gasteiger partial charge in [-0.3, -0.25) is 0 Å². The van der Waals surface area contributed by atoms with Crippen molar-refractivity contribution >= 4 is 17.4 Å². The van der Waals surface area contributed by atoms with E-state index in [1.165, 1.54) is 28.3 Å². The smallest absolute Gasteiger partial charge is 0.367 e. The number of hydrogen-bond acceptors (Lipinski definition) is 3. The van der Waals surface area contributed by atoms with Crippen LogP contribution in [0.15, 0.2) is 41.3 Å². The third kappa shape index (κ3) is 2.93. The molecule has 0 bridgehead atoms. The molecular formula is C21H21F3N2S. The van der Waals surface area contributed by atoms with E-state index < -0.39 is 11.7 Å². The van der Waals surface area contributed by atoms with Crippen molar-refractivity contribution < 1.29 is 13.2 Å². The molecule has 2 aromatic carbocycles. The normalized spacial score (nSPS) is 24.3. The van der Waals surface area contributed by atoms with Crippen molar-refractivity contribution in [2.24, 2.45) is 0 Å².